The first-order valence-corrected chi connectivity index (χ1v) is 9.27. The van der Waals surface area contributed by atoms with E-state index >= 15 is 0 Å². The minimum atomic E-state index is -0.391. The van der Waals surface area contributed by atoms with E-state index in [9.17, 15) is 9.59 Å². The first kappa shape index (κ1) is 19.4. The third-order valence-corrected chi connectivity index (χ3v) is 4.50. The predicted octanol–water partition coefficient (Wildman–Crippen LogP) is 3.32. The Bertz CT molecular complexity index is 990. The zero-order chi connectivity index (χ0) is 19.9. The maximum atomic E-state index is 12.6. The number of benzene rings is 2. The second-order valence-corrected chi connectivity index (χ2v) is 6.67. The van der Waals surface area contributed by atoms with Gasteiger partial charge in [-0.1, -0.05) is 48.5 Å². The molecule has 0 aliphatic rings. The van der Waals surface area contributed by atoms with Crippen LogP contribution in [0.1, 0.15) is 27.0 Å². The highest BCUT2D eigenvalue weighted by Crippen LogP contribution is 2.21. The highest BCUT2D eigenvalue weighted by molar-refractivity contribution is 5.93. The summed E-state index contributed by atoms with van der Waals surface area (Å²) in [7, 11) is 0. The van der Waals surface area contributed by atoms with E-state index in [1.165, 1.54) is 4.57 Å². The minimum absolute atomic E-state index is 0.130. The van der Waals surface area contributed by atoms with Crippen molar-refractivity contribution in [3.8, 4) is 5.75 Å². The Labute approximate surface area is 164 Å². The van der Waals surface area contributed by atoms with Gasteiger partial charge in [-0.3, -0.25) is 9.59 Å². The summed E-state index contributed by atoms with van der Waals surface area (Å²) in [5.74, 6) is 0.444. The van der Waals surface area contributed by atoms with E-state index in [0.717, 1.165) is 22.4 Å². The van der Waals surface area contributed by atoms with Crippen LogP contribution in [0, 0.1) is 13.8 Å². The lowest BCUT2D eigenvalue weighted by Crippen LogP contribution is -2.34. The number of aromatic nitrogens is 1. The molecule has 0 fully saturated rings. The topological polar surface area (TPSA) is 60.3 Å². The van der Waals surface area contributed by atoms with E-state index < -0.39 is 5.91 Å². The smallest absolute Gasteiger partial charge is 0.263 e. The molecule has 1 aromatic heterocycles. The van der Waals surface area contributed by atoms with Crippen LogP contribution in [0.3, 0.4) is 0 Å². The Balaban J connectivity index is 1.60. The predicted molar refractivity (Wildman–Crippen MR) is 110 cm³/mol. The van der Waals surface area contributed by atoms with Crippen molar-refractivity contribution in [2.45, 2.75) is 20.4 Å². The number of rotatable bonds is 7. The van der Waals surface area contributed by atoms with Crippen molar-refractivity contribution < 1.29 is 9.53 Å². The van der Waals surface area contributed by atoms with Crippen molar-refractivity contribution in [1.29, 1.82) is 0 Å². The van der Waals surface area contributed by atoms with Crippen molar-refractivity contribution in [2.24, 2.45) is 0 Å². The third-order valence-electron chi connectivity index (χ3n) is 4.50. The van der Waals surface area contributed by atoms with Gasteiger partial charge in [-0.2, -0.15) is 0 Å². The quantitative estimate of drug-likeness (QED) is 0.644. The summed E-state index contributed by atoms with van der Waals surface area (Å²) in [4.78, 5) is 25.1. The average Bonchev–Trinajstić information content (AvgIpc) is 2.69. The molecule has 1 N–H and O–H groups in total. The Morgan fingerprint density at radius 3 is 2.39 bits per heavy atom. The summed E-state index contributed by atoms with van der Waals surface area (Å²) in [5, 5.41) is 2.76. The Hall–Kier alpha value is -3.34. The maximum Gasteiger partial charge on any atom is 0.263 e. The number of hydrogen-bond acceptors (Lipinski definition) is 3. The van der Waals surface area contributed by atoms with E-state index in [-0.39, 0.29) is 11.1 Å². The first-order chi connectivity index (χ1) is 13.6. The molecule has 0 saturated heterocycles. The molecule has 5 heteroatoms. The van der Waals surface area contributed by atoms with Gasteiger partial charge in [0.2, 0.25) is 0 Å². The van der Waals surface area contributed by atoms with Crippen molar-refractivity contribution in [3.05, 3.63) is 99.5 Å². The van der Waals surface area contributed by atoms with Crippen LogP contribution in [0.15, 0.2) is 71.7 Å². The molecule has 28 heavy (non-hydrogen) atoms. The zero-order valence-electron chi connectivity index (χ0n) is 16.1. The summed E-state index contributed by atoms with van der Waals surface area (Å²) in [6, 6.07) is 18.9. The molecule has 0 aliphatic carbocycles. The van der Waals surface area contributed by atoms with Crippen LogP contribution in [-0.4, -0.2) is 23.6 Å². The summed E-state index contributed by atoms with van der Waals surface area (Å²) in [5.41, 5.74) is 2.94. The fraction of sp³-hybridized carbons (Fsp3) is 0.217. The number of amides is 1. The molecule has 1 amide bonds. The fourth-order valence-electron chi connectivity index (χ4n) is 3.05. The molecule has 144 valence electrons. The van der Waals surface area contributed by atoms with Crippen molar-refractivity contribution >= 4 is 5.91 Å². The second kappa shape index (κ2) is 9.04. The van der Waals surface area contributed by atoms with Gasteiger partial charge in [0.1, 0.15) is 17.9 Å². The van der Waals surface area contributed by atoms with Crippen molar-refractivity contribution in [3.63, 3.8) is 0 Å². The number of nitrogens with zero attached hydrogens (tertiary/aromatic N) is 1. The second-order valence-electron chi connectivity index (χ2n) is 6.67. The van der Waals surface area contributed by atoms with Crippen LogP contribution in [0.25, 0.3) is 0 Å². The number of carbonyl (C=O) groups is 1. The van der Waals surface area contributed by atoms with E-state index in [0.29, 0.717) is 19.7 Å². The van der Waals surface area contributed by atoms with Gasteiger partial charge in [-0.25, -0.2) is 0 Å². The van der Waals surface area contributed by atoms with Gasteiger partial charge in [-0.15, -0.1) is 0 Å². The number of carbonyl (C=O) groups excluding carboxylic acids is 1. The molecule has 0 bridgehead atoms. The first-order valence-electron chi connectivity index (χ1n) is 9.27. The van der Waals surface area contributed by atoms with Crippen LogP contribution in [0.5, 0.6) is 5.75 Å². The van der Waals surface area contributed by atoms with Gasteiger partial charge < -0.3 is 14.6 Å². The third kappa shape index (κ3) is 4.68. The number of ether oxygens (including phenoxy) is 1. The van der Waals surface area contributed by atoms with Crippen molar-refractivity contribution in [2.75, 3.05) is 13.2 Å². The van der Waals surface area contributed by atoms with Gasteiger partial charge >= 0.3 is 0 Å². The lowest BCUT2D eigenvalue weighted by molar-refractivity contribution is 0.0945. The van der Waals surface area contributed by atoms with Crippen LogP contribution in [-0.2, 0) is 6.54 Å². The molecule has 0 radical (unpaired) electrons. The molecule has 0 spiro atoms. The van der Waals surface area contributed by atoms with Crippen LogP contribution in [0.2, 0.25) is 0 Å². The molecule has 3 aromatic rings. The van der Waals surface area contributed by atoms with Crippen molar-refractivity contribution in [1.82, 2.24) is 9.88 Å². The number of para-hydroxylation sites is 1. The molecule has 2 aromatic carbocycles. The van der Waals surface area contributed by atoms with E-state index in [1.54, 1.807) is 18.3 Å². The molecular formula is C23H24N2O3. The number of aryl methyl sites for hydroxylation is 2. The van der Waals surface area contributed by atoms with E-state index in [2.05, 4.69) is 5.32 Å². The van der Waals surface area contributed by atoms with Crippen LogP contribution < -0.4 is 15.6 Å². The molecule has 1 heterocycles. The molecule has 0 aliphatic heterocycles. The molecule has 5 nitrogen and oxygen atoms in total. The molecular weight excluding hydrogens is 352 g/mol. The van der Waals surface area contributed by atoms with Gasteiger partial charge in [-0.05, 0) is 42.7 Å². The van der Waals surface area contributed by atoms with E-state index in [1.807, 2.05) is 62.4 Å². The molecule has 0 unspecified atom stereocenters. The number of nitrogens with one attached hydrogen (secondary N) is 1. The van der Waals surface area contributed by atoms with Crippen LogP contribution in [0.4, 0.5) is 0 Å². The summed E-state index contributed by atoms with van der Waals surface area (Å²) >= 11 is 0. The SMILES string of the molecule is Cc1cccc(C)c1OCCNC(=O)c1cccn(Cc2ccccc2)c1=O. The Morgan fingerprint density at radius 2 is 1.68 bits per heavy atom. The van der Waals surface area contributed by atoms with Gasteiger partial charge in [0.15, 0.2) is 0 Å². The normalized spacial score (nSPS) is 10.5. The zero-order valence-corrected chi connectivity index (χ0v) is 16.1. The molecule has 3 rings (SSSR count). The standard InChI is InChI=1S/C23H24N2O3/c1-17-8-6-9-18(2)21(17)28-15-13-24-22(26)20-12-7-14-25(23(20)27)16-19-10-4-3-5-11-19/h3-12,14H,13,15-16H2,1-2H3,(H,24,26). The van der Waals surface area contributed by atoms with Gasteiger partial charge in [0.25, 0.3) is 11.5 Å². The summed E-state index contributed by atoms with van der Waals surface area (Å²) in [6.45, 7) is 5.05. The van der Waals surface area contributed by atoms with Gasteiger partial charge in [0.05, 0.1) is 13.1 Å². The summed E-state index contributed by atoms with van der Waals surface area (Å²) in [6.07, 6.45) is 1.69. The van der Waals surface area contributed by atoms with Gasteiger partial charge in [0, 0.05) is 6.20 Å². The number of hydrogen-bond donors (Lipinski definition) is 1. The van der Waals surface area contributed by atoms with E-state index in [4.69, 9.17) is 4.74 Å². The van der Waals surface area contributed by atoms with Crippen LogP contribution >= 0.6 is 0 Å². The molecule has 0 saturated carbocycles. The average molecular weight is 376 g/mol. The Morgan fingerprint density at radius 1 is 0.964 bits per heavy atom. The lowest BCUT2D eigenvalue weighted by atomic mass is 10.1. The lowest BCUT2D eigenvalue weighted by Gasteiger charge is -2.12. The largest absolute Gasteiger partial charge is 0.491 e. The monoisotopic (exact) mass is 376 g/mol. The highest BCUT2D eigenvalue weighted by atomic mass is 16.5. The molecule has 0 atom stereocenters. The number of pyridine rings is 1. The Kier molecular flexibility index (Phi) is 6.27. The maximum absolute atomic E-state index is 12.6. The summed E-state index contributed by atoms with van der Waals surface area (Å²) < 4.78 is 7.33. The highest BCUT2D eigenvalue weighted by Gasteiger charge is 2.12. The minimum Gasteiger partial charge on any atom is -0.491 e. The fourth-order valence-corrected chi connectivity index (χ4v) is 3.05.